The van der Waals surface area contributed by atoms with E-state index in [0.29, 0.717) is 5.92 Å². The normalized spacial score (nSPS) is 19.9. The van der Waals surface area contributed by atoms with E-state index in [0.717, 1.165) is 28.8 Å². The average molecular weight is 344 g/mol. The Morgan fingerprint density at radius 2 is 2.41 bits per heavy atom. The predicted molar refractivity (Wildman–Crippen MR) is 77.1 cm³/mol. The molecule has 1 heterocycles. The van der Waals surface area contributed by atoms with Gasteiger partial charge >= 0.3 is 0 Å². The second-order valence-corrected chi connectivity index (χ2v) is 5.68. The lowest BCUT2D eigenvalue weighted by Crippen LogP contribution is -2.38. The molecule has 1 amide bonds. The fourth-order valence-electron chi connectivity index (χ4n) is 2.07. The number of halogens is 1. The number of nitrogens with one attached hydrogen (secondary N) is 2. The van der Waals surface area contributed by atoms with Crippen molar-refractivity contribution in [2.75, 3.05) is 19.6 Å². The van der Waals surface area contributed by atoms with Crippen LogP contribution in [0.3, 0.4) is 0 Å². The first-order valence-corrected chi connectivity index (χ1v) is 7.08. The number of hydrogen-bond acceptors (Lipinski definition) is 2. The maximum absolute atomic E-state index is 11.9. The van der Waals surface area contributed by atoms with Gasteiger partial charge in [-0.15, -0.1) is 0 Å². The molecular formula is C13H17IN2O. The Bertz CT molecular complexity index is 389. The highest BCUT2D eigenvalue weighted by Gasteiger charge is 2.14. The van der Waals surface area contributed by atoms with Crippen LogP contribution in [0.4, 0.5) is 0 Å². The summed E-state index contributed by atoms with van der Waals surface area (Å²) in [6.45, 7) is 2.91. The van der Waals surface area contributed by atoms with E-state index in [-0.39, 0.29) is 5.91 Å². The first-order chi connectivity index (χ1) is 8.25. The summed E-state index contributed by atoms with van der Waals surface area (Å²) in [7, 11) is 0. The highest BCUT2D eigenvalue weighted by molar-refractivity contribution is 14.1. The zero-order valence-corrected chi connectivity index (χ0v) is 11.9. The Hall–Kier alpha value is -0.620. The molecule has 1 aromatic rings. The molecule has 1 aromatic carbocycles. The molecular weight excluding hydrogens is 327 g/mol. The topological polar surface area (TPSA) is 41.1 Å². The quantitative estimate of drug-likeness (QED) is 0.824. The first kappa shape index (κ1) is 12.8. The van der Waals surface area contributed by atoms with Crippen molar-refractivity contribution in [1.82, 2.24) is 10.6 Å². The molecule has 0 spiro atoms. The van der Waals surface area contributed by atoms with Gasteiger partial charge in [0, 0.05) is 15.7 Å². The van der Waals surface area contributed by atoms with Crippen molar-refractivity contribution in [2.24, 2.45) is 5.92 Å². The van der Waals surface area contributed by atoms with E-state index in [9.17, 15) is 4.79 Å². The average Bonchev–Trinajstić information content (AvgIpc) is 2.37. The fraction of sp³-hybridized carbons (Fsp3) is 0.462. The van der Waals surface area contributed by atoms with E-state index in [1.165, 1.54) is 12.8 Å². The maximum Gasteiger partial charge on any atom is 0.251 e. The number of benzene rings is 1. The molecule has 1 atom stereocenters. The molecule has 2 N–H and O–H groups in total. The number of piperidine rings is 1. The number of carbonyl (C=O) groups is 1. The third-order valence-corrected chi connectivity index (χ3v) is 3.71. The highest BCUT2D eigenvalue weighted by atomic mass is 127. The van der Waals surface area contributed by atoms with Gasteiger partial charge in [0.15, 0.2) is 0 Å². The van der Waals surface area contributed by atoms with Crippen LogP contribution in [0.2, 0.25) is 0 Å². The lowest BCUT2D eigenvalue weighted by atomic mass is 10.00. The van der Waals surface area contributed by atoms with Crippen molar-refractivity contribution < 1.29 is 4.79 Å². The first-order valence-electron chi connectivity index (χ1n) is 6.00. The second-order valence-electron chi connectivity index (χ2n) is 4.43. The summed E-state index contributed by atoms with van der Waals surface area (Å²) >= 11 is 2.22. The molecule has 1 saturated heterocycles. The highest BCUT2D eigenvalue weighted by Crippen LogP contribution is 2.10. The Balaban J connectivity index is 1.84. The summed E-state index contributed by atoms with van der Waals surface area (Å²) in [5.74, 6) is 0.615. The van der Waals surface area contributed by atoms with E-state index in [2.05, 4.69) is 33.2 Å². The van der Waals surface area contributed by atoms with Crippen LogP contribution in [0, 0.1) is 9.49 Å². The molecule has 1 unspecified atom stereocenters. The molecule has 1 fully saturated rings. The zero-order chi connectivity index (χ0) is 12.1. The van der Waals surface area contributed by atoms with Crippen LogP contribution in [0.1, 0.15) is 23.2 Å². The smallest absolute Gasteiger partial charge is 0.251 e. The molecule has 0 aliphatic carbocycles. The molecule has 2 rings (SSSR count). The van der Waals surface area contributed by atoms with Gasteiger partial charge in [-0.25, -0.2) is 0 Å². The van der Waals surface area contributed by atoms with Gasteiger partial charge in [0.1, 0.15) is 0 Å². The number of amides is 1. The van der Waals surface area contributed by atoms with E-state index < -0.39 is 0 Å². The Labute approximate surface area is 116 Å². The second kappa shape index (κ2) is 6.35. The molecule has 0 saturated carbocycles. The predicted octanol–water partition coefficient (Wildman–Crippen LogP) is 2.02. The van der Waals surface area contributed by atoms with E-state index in [4.69, 9.17) is 0 Å². The largest absolute Gasteiger partial charge is 0.352 e. The molecule has 1 aliphatic rings. The van der Waals surface area contributed by atoms with Gasteiger partial charge in [-0.05, 0) is 72.6 Å². The van der Waals surface area contributed by atoms with Crippen molar-refractivity contribution in [2.45, 2.75) is 12.8 Å². The van der Waals surface area contributed by atoms with E-state index in [1.54, 1.807) is 0 Å². The summed E-state index contributed by atoms with van der Waals surface area (Å²) in [6, 6.07) is 7.67. The Morgan fingerprint density at radius 3 is 3.12 bits per heavy atom. The lowest BCUT2D eigenvalue weighted by molar-refractivity contribution is 0.0945. The Kier molecular flexibility index (Phi) is 4.79. The van der Waals surface area contributed by atoms with Crippen molar-refractivity contribution in [3.05, 3.63) is 33.4 Å². The van der Waals surface area contributed by atoms with Crippen LogP contribution in [-0.2, 0) is 0 Å². The molecule has 0 radical (unpaired) electrons. The Morgan fingerprint density at radius 1 is 1.53 bits per heavy atom. The maximum atomic E-state index is 11.9. The van der Waals surface area contributed by atoms with Gasteiger partial charge < -0.3 is 10.6 Å². The monoisotopic (exact) mass is 344 g/mol. The third-order valence-electron chi connectivity index (χ3n) is 3.04. The van der Waals surface area contributed by atoms with Crippen LogP contribution in [-0.4, -0.2) is 25.5 Å². The molecule has 0 aromatic heterocycles. The fourth-order valence-corrected chi connectivity index (χ4v) is 2.61. The van der Waals surface area contributed by atoms with Crippen molar-refractivity contribution in [3.63, 3.8) is 0 Å². The van der Waals surface area contributed by atoms with E-state index in [1.807, 2.05) is 24.3 Å². The van der Waals surface area contributed by atoms with Gasteiger partial charge in [-0.3, -0.25) is 4.79 Å². The molecule has 4 heteroatoms. The van der Waals surface area contributed by atoms with Crippen LogP contribution >= 0.6 is 22.6 Å². The van der Waals surface area contributed by atoms with Crippen molar-refractivity contribution >= 4 is 28.5 Å². The number of carbonyl (C=O) groups excluding carboxylic acids is 1. The number of hydrogen-bond donors (Lipinski definition) is 2. The lowest BCUT2D eigenvalue weighted by Gasteiger charge is -2.22. The standard InChI is InChI=1S/C13H17IN2O/c14-12-5-1-4-11(7-12)13(17)16-9-10-3-2-6-15-8-10/h1,4-5,7,10,15H,2-3,6,8-9H2,(H,16,17). The molecule has 92 valence electrons. The zero-order valence-electron chi connectivity index (χ0n) is 9.71. The minimum absolute atomic E-state index is 0.0362. The van der Waals surface area contributed by atoms with Gasteiger partial charge in [-0.1, -0.05) is 6.07 Å². The molecule has 17 heavy (non-hydrogen) atoms. The summed E-state index contributed by atoms with van der Waals surface area (Å²) in [5, 5.41) is 6.37. The SMILES string of the molecule is O=C(NCC1CCCNC1)c1cccc(I)c1. The van der Waals surface area contributed by atoms with Crippen LogP contribution in [0.5, 0.6) is 0 Å². The molecule has 3 nitrogen and oxygen atoms in total. The third kappa shape index (κ3) is 3.96. The minimum atomic E-state index is 0.0362. The van der Waals surface area contributed by atoms with Crippen LogP contribution < -0.4 is 10.6 Å². The van der Waals surface area contributed by atoms with Crippen LogP contribution in [0.25, 0.3) is 0 Å². The van der Waals surface area contributed by atoms with Gasteiger partial charge in [-0.2, -0.15) is 0 Å². The number of rotatable bonds is 3. The van der Waals surface area contributed by atoms with Gasteiger partial charge in [0.25, 0.3) is 5.91 Å². The van der Waals surface area contributed by atoms with Crippen LogP contribution in [0.15, 0.2) is 24.3 Å². The summed E-state index contributed by atoms with van der Waals surface area (Å²) in [4.78, 5) is 11.9. The summed E-state index contributed by atoms with van der Waals surface area (Å²) in [6.07, 6.45) is 2.42. The van der Waals surface area contributed by atoms with Crippen molar-refractivity contribution in [1.29, 1.82) is 0 Å². The van der Waals surface area contributed by atoms with E-state index >= 15 is 0 Å². The minimum Gasteiger partial charge on any atom is -0.352 e. The summed E-state index contributed by atoms with van der Waals surface area (Å²) in [5.41, 5.74) is 0.751. The molecule has 0 bridgehead atoms. The molecule has 1 aliphatic heterocycles. The summed E-state index contributed by atoms with van der Waals surface area (Å²) < 4.78 is 1.09. The van der Waals surface area contributed by atoms with Gasteiger partial charge in [0.2, 0.25) is 0 Å². The van der Waals surface area contributed by atoms with Crippen molar-refractivity contribution in [3.8, 4) is 0 Å². The van der Waals surface area contributed by atoms with Gasteiger partial charge in [0.05, 0.1) is 0 Å².